The van der Waals surface area contributed by atoms with Gasteiger partial charge in [0.05, 0.1) is 0 Å². The summed E-state index contributed by atoms with van der Waals surface area (Å²) in [7, 11) is 0. The number of carbonyl (C=O) groups is 2. The number of piperidine rings is 1. The molecule has 0 spiro atoms. The molecular formula is C16H21NO2. The standard InChI is InChI=1S/C16H21NO2/c1-3-13-4-6-14(7-5-13)16(19)15-8-10-17(11-9-15)12(2)18/h4-7,15H,3,8-11H2,1-2H3. The van der Waals surface area contributed by atoms with Crippen molar-refractivity contribution in [2.45, 2.75) is 33.1 Å². The van der Waals surface area contributed by atoms with Crippen LogP contribution in [0.3, 0.4) is 0 Å². The van der Waals surface area contributed by atoms with Gasteiger partial charge in [-0.3, -0.25) is 9.59 Å². The van der Waals surface area contributed by atoms with Crippen LogP contribution in [0.25, 0.3) is 0 Å². The summed E-state index contributed by atoms with van der Waals surface area (Å²) in [5, 5.41) is 0. The van der Waals surface area contributed by atoms with Crippen LogP contribution in [-0.4, -0.2) is 29.7 Å². The molecule has 0 unspecified atom stereocenters. The van der Waals surface area contributed by atoms with Crippen LogP contribution in [0.15, 0.2) is 24.3 Å². The van der Waals surface area contributed by atoms with Gasteiger partial charge >= 0.3 is 0 Å². The van der Waals surface area contributed by atoms with E-state index in [0.29, 0.717) is 13.1 Å². The molecule has 3 nitrogen and oxygen atoms in total. The van der Waals surface area contributed by atoms with Crippen molar-refractivity contribution in [3.05, 3.63) is 35.4 Å². The van der Waals surface area contributed by atoms with Gasteiger partial charge in [0.25, 0.3) is 0 Å². The van der Waals surface area contributed by atoms with Crippen molar-refractivity contribution in [2.75, 3.05) is 13.1 Å². The summed E-state index contributed by atoms with van der Waals surface area (Å²) >= 11 is 0. The molecule has 3 heteroatoms. The number of hydrogen-bond acceptors (Lipinski definition) is 2. The molecule has 0 saturated carbocycles. The van der Waals surface area contributed by atoms with Crippen molar-refractivity contribution in [2.24, 2.45) is 5.92 Å². The minimum atomic E-state index is 0.0723. The second kappa shape index (κ2) is 6.00. The summed E-state index contributed by atoms with van der Waals surface area (Å²) in [5.41, 5.74) is 2.06. The van der Waals surface area contributed by atoms with E-state index in [4.69, 9.17) is 0 Å². The molecule has 0 atom stereocenters. The normalized spacial score (nSPS) is 16.4. The number of rotatable bonds is 3. The zero-order valence-corrected chi connectivity index (χ0v) is 11.7. The maximum absolute atomic E-state index is 12.4. The van der Waals surface area contributed by atoms with Crippen LogP contribution in [0.4, 0.5) is 0 Å². The summed E-state index contributed by atoms with van der Waals surface area (Å²) in [6.07, 6.45) is 2.56. The maximum Gasteiger partial charge on any atom is 0.219 e. The van der Waals surface area contributed by atoms with E-state index < -0.39 is 0 Å². The summed E-state index contributed by atoms with van der Waals surface area (Å²) in [6.45, 7) is 5.11. The Morgan fingerprint density at radius 3 is 2.21 bits per heavy atom. The number of nitrogens with zero attached hydrogens (tertiary/aromatic N) is 1. The Kier molecular flexibility index (Phi) is 4.35. The smallest absolute Gasteiger partial charge is 0.219 e. The van der Waals surface area contributed by atoms with E-state index in [1.165, 1.54) is 5.56 Å². The molecule has 0 aromatic heterocycles. The van der Waals surface area contributed by atoms with Gasteiger partial charge in [0, 0.05) is 31.5 Å². The summed E-state index contributed by atoms with van der Waals surface area (Å²) in [4.78, 5) is 25.5. The van der Waals surface area contributed by atoms with Crippen LogP contribution in [0, 0.1) is 5.92 Å². The van der Waals surface area contributed by atoms with Gasteiger partial charge in [0.2, 0.25) is 5.91 Å². The highest BCUT2D eigenvalue weighted by molar-refractivity contribution is 5.98. The van der Waals surface area contributed by atoms with E-state index >= 15 is 0 Å². The average Bonchev–Trinajstić information content (AvgIpc) is 2.46. The van der Waals surface area contributed by atoms with Crippen molar-refractivity contribution in [3.8, 4) is 0 Å². The predicted molar refractivity (Wildman–Crippen MR) is 75.1 cm³/mol. The molecule has 0 bridgehead atoms. The first-order chi connectivity index (χ1) is 9.11. The Labute approximate surface area is 114 Å². The molecule has 1 aliphatic rings. The maximum atomic E-state index is 12.4. The summed E-state index contributed by atoms with van der Waals surface area (Å²) in [6, 6.07) is 7.91. The Bertz CT molecular complexity index is 456. The Morgan fingerprint density at radius 1 is 1.16 bits per heavy atom. The first-order valence-corrected chi connectivity index (χ1v) is 7.00. The minimum Gasteiger partial charge on any atom is -0.343 e. The number of hydrogen-bond donors (Lipinski definition) is 0. The SMILES string of the molecule is CCc1ccc(C(=O)C2CCN(C(C)=O)CC2)cc1. The van der Waals surface area contributed by atoms with Crippen LogP contribution in [0.2, 0.25) is 0 Å². The van der Waals surface area contributed by atoms with E-state index in [0.717, 1.165) is 24.8 Å². The molecule has 1 aromatic carbocycles. The van der Waals surface area contributed by atoms with Crippen LogP contribution >= 0.6 is 0 Å². The van der Waals surface area contributed by atoms with Gasteiger partial charge in [-0.05, 0) is 24.8 Å². The molecule has 2 rings (SSSR count). The highest BCUT2D eigenvalue weighted by Gasteiger charge is 2.26. The van der Waals surface area contributed by atoms with Gasteiger partial charge in [0.1, 0.15) is 0 Å². The van der Waals surface area contributed by atoms with Crippen LogP contribution in [0.5, 0.6) is 0 Å². The van der Waals surface area contributed by atoms with Gasteiger partial charge in [-0.2, -0.15) is 0 Å². The second-order valence-corrected chi connectivity index (χ2v) is 5.20. The highest BCUT2D eigenvalue weighted by atomic mass is 16.2. The fourth-order valence-electron chi connectivity index (χ4n) is 2.60. The van der Waals surface area contributed by atoms with Gasteiger partial charge in [-0.25, -0.2) is 0 Å². The van der Waals surface area contributed by atoms with Crippen molar-refractivity contribution in [3.63, 3.8) is 0 Å². The van der Waals surface area contributed by atoms with Gasteiger partial charge < -0.3 is 4.90 Å². The Balaban J connectivity index is 1.98. The zero-order chi connectivity index (χ0) is 13.8. The largest absolute Gasteiger partial charge is 0.343 e. The van der Waals surface area contributed by atoms with E-state index in [9.17, 15) is 9.59 Å². The van der Waals surface area contributed by atoms with Gasteiger partial charge in [0.15, 0.2) is 5.78 Å². The van der Waals surface area contributed by atoms with E-state index in [-0.39, 0.29) is 17.6 Å². The van der Waals surface area contributed by atoms with Crippen molar-refractivity contribution in [1.82, 2.24) is 4.90 Å². The van der Waals surface area contributed by atoms with Crippen LogP contribution in [-0.2, 0) is 11.2 Å². The number of amides is 1. The van der Waals surface area contributed by atoms with Crippen LogP contribution in [0.1, 0.15) is 42.6 Å². The predicted octanol–water partition coefficient (Wildman–Crippen LogP) is 2.69. The van der Waals surface area contributed by atoms with Gasteiger partial charge in [-0.1, -0.05) is 31.2 Å². The number of likely N-dealkylation sites (tertiary alicyclic amines) is 1. The van der Waals surface area contributed by atoms with Crippen molar-refractivity contribution < 1.29 is 9.59 Å². The van der Waals surface area contributed by atoms with E-state index in [2.05, 4.69) is 6.92 Å². The first kappa shape index (κ1) is 13.8. The van der Waals surface area contributed by atoms with E-state index in [1.807, 2.05) is 29.2 Å². The molecule has 102 valence electrons. The monoisotopic (exact) mass is 259 g/mol. The molecule has 1 aromatic rings. The third-order valence-corrected chi connectivity index (χ3v) is 3.96. The zero-order valence-electron chi connectivity index (χ0n) is 11.7. The molecule has 0 aliphatic carbocycles. The fraction of sp³-hybridized carbons (Fsp3) is 0.500. The minimum absolute atomic E-state index is 0.0723. The van der Waals surface area contributed by atoms with Crippen molar-refractivity contribution in [1.29, 1.82) is 0 Å². The molecule has 1 amide bonds. The van der Waals surface area contributed by atoms with Gasteiger partial charge in [-0.15, -0.1) is 0 Å². The molecule has 1 saturated heterocycles. The lowest BCUT2D eigenvalue weighted by atomic mass is 9.88. The Hall–Kier alpha value is -1.64. The van der Waals surface area contributed by atoms with E-state index in [1.54, 1.807) is 6.92 Å². The second-order valence-electron chi connectivity index (χ2n) is 5.20. The quantitative estimate of drug-likeness (QED) is 0.783. The van der Waals surface area contributed by atoms with Crippen molar-refractivity contribution >= 4 is 11.7 Å². The summed E-state index contributed by atoms with van der Waals surface area (Å²) in [5.74, 6) is 0.409. The fourth-order valence-corrected chi connectivity index (χ4v) is 2.60. The topological polar surface area (TPSA) is 37.4 Å². The molecule has 0 radical (unpaired) electrons. The lowest BCUT2D eigenvalue weighted by molar-refractivity contribution is -0.130. The number of carbonyl (C=O) groups excluding carboxylic acids is 2. The number of benzene rings is 1. The molecule has 1 heterocycles. The number of Topliss-reactive ketones (excluding diaryl/α,β-unsaturated/α-hetero) is 1. The average molecular weight is 259 g/mol. The lowest BCUT2D eigenvalue weighted by Crippen LogP contribution is -2.39. The third kappa shape index (κ3) is 3.22. The Morgan fingerprint density at radius 2 is 1.74 bits per heavy atom. The van der Waals surface area contributed by atoms with Crippen LogP contribution < -0.4 is 0 Å². The highest BCUT2D eigenvalue weighted by Crippen LogP contribution is 2.22. The number of ketones is 1. The third-order valence-electron chi connectivity index (χ3n) is 3.96. The number of aryl methyl sites for hydroxylation is 1. The molecule has 0 N–H and O–H groups in total. The molecule has 1 fully saturated rings. The first-order valence-electron chi connectivity index (χ1n) is 7.00. The molecule has 19 heavy (non-hydrogen) atoms. The molecular weight excluding hydrogens is 238 g/mol. The summed E-state index contributed by atoms with van der Waals surface area (Å²) < 4.78 is 0. The lowest BCUT2D eigenvalue weighted by Gasteiger charge is -2.30. The molecule has 1 aliphatic heterocycles.